The van der Waals surface area contributed by atoms with Gasteiger partial charge in [0.1, 0.15) is 0 Å². The van der Waals surface area contributed by atoms with E-state index in [2.05, 4.69) is 50.3 Å². The van der Waals surface area contributed by atoms with E-state index >= 15 is 0 Å². The first-order valence-electron chi connectivity index (χ1n) is 9.25. The lowest BCUT2D eigenvalue weighted by atomic mass is 10.1. The van der Waals surface area contributed by atoms with Crippen molar-refractivity contribution >= 4 is 5.97 Å². The number of carboxylic acid groups (broad SMARTS) is 1. The molecule has 0 atom stereocenters. The number of hydrogen-bond acceptors (Lipinski definition) is 2. The van der Waals surface area contributed by atoms with Crippen LogP contribution in [0.1, 0.15) is 77.6 Å². The fraction of sp³-hybridized carbons (Fsp3) is 0.619. The summed E-state index contributed by atoms with van der Waals surface area (Å²) in [7, 11) is 0. The van der Waals surface area contributed by atoms with E-state index in [1.807, 2.05) is 0 Å². The van der Waals surface area contributed by atoms with Crippen molar-refractivity contribution in [3.8, 4) is 0 Å². The van der Waals surface area contributed by atoms with Crippen LogP contribution in [0, 0.1) is 6.92 Å². The predicted molar refractivity (Wildman–Crippen MR) is 104 cm³/mol. The van der Waals surface area contributed by atoms with Gasteiger partial charge in [-0.2, -0.15) is 0 Å². The van der Waals surface area contributed by atoms with Gasteiger partial charge >= 0.3 is 5.97 Å². The Balaban J connectivity index is 0. The summed E-state index contributed by atoms with van der Waals surface area (Å²) in [5.74, 6) is -0.675. The minimum Gasteiger partial charge on any atom is -0.481 e. The van der Waals surface area contributed by atoms with Crippen LogP contribution in [0.2, 0.25) is 0 Å². The molecule has 0 aliphatic carbocycles. The second kappa shape index (κ2) is 23.9. The number of aliphatic hydroxyl groups is 1. The van der Waals surface area contributed by atoms with Crippen LogP contribution < -0.4 is 0 Å². The van der Waals surface area contributed by atoms with Crippen LogP contribution >= 0.6 is 0 Å². The molecule has 0 amide bonds. The number of carboxylic acids is 1. The van der Waals surface area contributed by atoms with Crippen LogP contribution in [0.4, 0.5) is 0 Å². The van der Waals surface area contributed by atoms with Gasteiger partial charge in [-0.05, 0) is 44.9 Å². The Morgan fingerprint density at radius 2 is 1.38 bits per heavy atom. The van der Waals surface area contributed by atoms with Gasteiger partial charge in [0.15, 0.2) is 0 Å². The van der Waals surface area contributed by atoms with E-state index in [0.717, 1.165) is 44.9 Å². The molecule has 0 aromatic carbocycles. The molecule has 0 aromatic heterocycles. The molecule has 0 bridgehead atoms. The standard InChI is InChI=1S/C18H30O2.C3H7O/c1-2-3-4-5-6-7-8-9-10-11-12-13-14-15-16-17-18(19)20;1-2-3-4/h3-4,6-7,9-10H,2,5,8,11-17H2,1H3,(H,19,20);4H,1-3H2/b4-3-,7-6-,10-9-;. The van der Waals surface area contributed by atoms with Crippen molar-refractivity contribution in [1.82, 2.24) is 0 Å². The summed E-state index contributed by atoms with van der Waals surface area (Å²) >= 11 is 0. The lowest BCUT2D eigenvalue weighted by molar-refractivity contribution is -0.137. The van der Waals surface area contributed by atoms with Gasteiger partial charge in [-0.15, -0.1) is 0 Å². The lowest BCUT2D eigenvalue weighted by Gasteiger charge is -1.98. The Kier molecular flexibility index (Phi) is 24.8. The molecule has 0 aromatic rings. The van der Waals surface area contributed by atoms with Crippen molar-refractivity contribution in [2.45, 2.75) is 77.6 Å². The molecule has 0 aliphatic rings. The summed E-state index contributed by atoms with van der Waals surface area (Å²) < 4.78 is 0. The van der Waals surface area contributed by atoms with Crippen LogP contribution in [0.3, 0.4) is 0 Å². The van der Waals surface area contributed by atoms with Crippen molar-refractivity contribution in [3.63, 3.8) is 0 Å². The molecule has 0 saturated carbocycles. The number of carbonyl (C=O) groups is 1. The van der Waals surface area contributed by atoms with Crippen LogP contribution in [-0.2, 0) is 4.79 Å². The molecule has 1 radical (unpaired) electrons. The Bertz CT molecular complexity index is 328. The van der Waals surface area contributed by atoms with Gasteiger partial charge in [0.05, 0.1) is 0 Å². The lowest BCUT2D eigenvalue weighted by Crippen LogP contribution is -1.93. The number of aliphatic carboxylic acids is 1. The molecular weight excluding hydrogens is 300 g/mol. The highest BCUT2D eigenvalue weighted by Gasteiger charge is 1.95. The zero-order chi connectivity index (χ0) is 18.3. The number of unbranched alkanes of at least 4 members (excludes halogenated alkanes) is 5. The highest BCUT2D eigenvalue weighted by atomic mass is 16.4. The summed E-state index contributed by atoms with van der Waals surface area (Å²) in [6.07, 6.45) is 24.0. The topological polar surface area (TPSA) is 57.5 Å². The highest BCUT2D eigenvalue weighted by molar-refractivity contribution is 5.66. The SMILES string of the molecule is CC/C=C\C/C=C\C/C=C\CCCCCCCC(=O)O.[CH2]CCO. The molecule has 2 N–H and O–H groups in total. The number of rotatable bonds is 14. The Labute approximate surface area is 149 Å². The third-order valence-corrected chi connectivity index (χ3v) is 3.20. The third-order valence-electron chi connectivity index (χ3n) is 3.20. The molecule has 0 spiro atoms. The second-order valence-corrected chi connectivity index (χ2v) is 5.57. The monoisotopic (exact) mass is 337 g/mol. The van der Waals surface area contributed by atoms with E-state index in [1.165, 1.54) is 12.8 Å². The first-order chi connectivity index (χ1) is 11.7. The molecule has 0 heterocycles. The molecule has 3 heteroatoms. The Hall–Kier alpha value is -1.35. The highest BCUT2D eigenvalue weighted by Crippen LogP contribution is 2.07. The van der Waals surface area contributed by atoms with E-state index < -0.39 is 5.97 Å². The first-order valence-corrected chi connectivity index (χ1v) is 9.25. The normalized spacial score (nSPS) is 11.3. The molecule has 24 heavy (non-hydrogen) atoms. The minimum atomic E-state index is -0.675. The first kappa shape index (κ1) is 24.9. The van der Waals surface area contributed by atoms with Crippen molar-refractivity contribution < 1.29 is 15.0 Å². The Morgan fingerprint density at radius 1 is 0.875 bits per heavy atom. The van der Waals surface area contributed by atoms with Crippen LogP contribution in [0.25, 0.3) is 0 Å². The number of hydrogen-bond donors (Lipinski definition) is 2. The molecule has 0 unspecified atom stereocenters. The maximum Gasteiger partial charge on any atom is 0.303 e. The fourth-order valence-corrected chi connectivity index (χ4v) is 1.90. The van der Waals surface area contributed by atoms with Crippen LogP contribution in [0.5, 0.6) is 0 Å². The molecule has 139 valence electrons. The summed E-state index contributed by atoms with van der Waals surface area (Å²) in [4.78, 5) is 10.3. The average Bonchev–Trinajstić information content (AvgIpc) is 2.58. The van der Waals surface area contributed by atoms with E-state index in [4.69, 9.17) is 10.2 Å². The predicted octanol–water partition coefficient (Wildman–Crippen LogP) is 5.86. The third kappa shape index (κ3) is 28.8. The van der Waals surface area contributed by atoms with Crippen molar-refractivity contribution in [1.29, 1.82) is 0 Å². The summed E-state index contributed by atoms with van der Waals surface area (Å²) in [5, 5.41) is 16.3. The number of aliphatic hydroxyl groups excluding tert-OH is 1. The van der Waals surface area contributed by atoms with E-state index in [0.29, 0.717) is 12.8 Å². The summed E-state index contributed by atoms with van der Waals surface area (Å²) in [6.45, 7) is 5.71. The van der Waals surface area contributed by atoms with Gasteiger partial charge in [-0.3, -0.25) is 4.79 Å². The smallest absolute Gasteiger partial charge is 0.303 e. The van der Waals surface area contributed by atoms with Crippen LogP contribution in [0.15, 0.2) is 36.5 Å². The van der Waals surface area contributed by atoms with E-state index in [1.54, 1.807) is 0 Å². The zero-order valence-electron chi connectivity index (χ0n) is 15.5. The van der Waals surface area contributed by atoms with Gasteiger partial charge in [0.2, 0.25) is 0 Å². The van der Waals surface area contributed by atoms with Crippen LogP contribution in [-0.4, -0.2) is 22.8 Å². The van der Waals surface area contributed by atoms with Crippen molar-refractivity contribution in [2.75, 3.05) is 6.61 Å². The number of allylic oxidation sites excluding steroid dienone is 6. The fourth-order valence-electron chi connectivity index (χ4n) is 1.90. The second-order valence-electron chi connectivity index (χ2n) is 5.57. The van der Waals surface area contributed by atoms with Gasteiger partial charge in [-0.25, -0.2) is 0 Å². The quantitative estimate of drug-likeness (QED) is 0.308. The average molecular weight is 338 g/mol. The molecule has 0 aliphatic heterocycles. The van der Waals surface area contributed by atoms with E-state index in [9.17, 15) is 4.79 Å². The maximum absolute atomic E-state index is 10.3. The molecule has 0 fully saturated rings. The largest absolute Gasteiger partial charge is 0.481 e. The van der Waals surface area contributed by atoms with Gasteiger partial charge in [-0.1, -0.05) is 69.6 Å². The zero-order valence-corrected chi connectivity index (χ0v) is 15.5. The van der Waals surface area contributed by atoms with Crippen molar-refractivity contribution in [3.05, 3.63) is 43.4 Å². The summed E-state index contributed by atoms with van der Waals surface area (Å²) in [6, 6.07) is 0. The van der Waals surface area contributed by atoms with Gasteiger partial charge < -0.3 is 10.2 Å². The molecule has 3 nitrogen and oxygen atoms in total. The van der Waals surface area contributed by atoms with Crippen molar-refractivity contribution in [2.24, 2.45) is 0 Å². The summed E-state index contributed by atoms with van der Waals surface area (Å²) in [5.41, 5.74) is 0. The van der Waals surface area contributed by atoms with Gasteiger partial charge in [0, 0.05) is 13.0 Å². The van der Waals surface area contributed by atoms with E-state index in [-0.39, 0.29) is 6.61 Å². The maximum atomic E-state index is 10.3. The molecule has 0 rings (SSSR count). The Morgan fingerprint density at radius 3 is 1.92 bits per heavy atom. The minimum absolute atomic E-state index is 0.208. The molecule has 0 saturated heterocycles. The van der Waals surface area contributed by atoms with Gasteiger partial charge in [0.25, 0.3) is 0 Å². The molecular formula is C21H37O3.